The van der Waals surface area contributed by atoms with Gasteiger partial charge in [-0.1, -0.05) is 19.1 Å². The zero-order valence-corrected chi connectivity index (χ0v) is 9.60. The van der Waals surface area contributed by atoms with Crippen LogP contribution in [0.2, 0.25) is 0 Å². The molecule has 0 saturated heterocycles. The predicted octanol–water partition coefficient (Wildman–Crippen LogP) is 3.60. The molecule has 0 aromatic heterocycles. The van der Waals surface area contributed by atoms with Gasteiger partial charge in [0.05, 0.1) is 6.42 Å². The molecule has 0 fully saturated rings. The Balaban J connectivity index is 2.49. The fourth-order valence-corrected chi connectivity index (χ4v) is 1.48. The average molecular weight is 249 g/mol. The van der Waals surface area contributed by atoms with Crippen molar-refractivity contribution in [2.75, 3.05) is 13.1 Å². The fourth-order valence-electron chi connectivity index (χ4n) is 1.48. The molecule has 96 valence electrons. The van der Waals surface area contributed by atoms with Crippen LogP contribution in [0.15, 0.2) is 24.3 Å². The van der Waals surface area contributed by atoms with Crippen LogP contribution >= 0.6 is 0 Å². The number of benzene rings is 1. The van der Waals surface area contributed by atoms with Gasteiger partial charge in [0, 0.05) is 13.1 Å². The van der Waals surface area contributed by atoms with Crippen LogP contribution in [0, 0.1) is 5.82 Å². The molecule has 0 spiro atoms. The molecule has 0 bridgehead atoms. The van der Waals surface area contributed by atoms with Gasteiger partial charge in [-0.15, -0.1) is 0 Å². The van der Waals surface area contributed by atoms with E-state index < -0.39 is 12.6 Å². The van der Waals surface area contributed by atoms with Gasteiger partial charge in [-0.05, 0) is 24.2 Å². The molecule has 0 unspecified atom stereocenters. The number of alkyl halides is 3. The maximum absolute atomic E-state index is 12.6. The Kier molecular flexibility index (Phi) is 4.93. The Morgan fingerprint density at radius 1 is 1.12 bits per heavy atom. The minimum absolute atomic E-state index is 0.0304. The minimum atomic E-state index is -4.13. The van der Waals surface area contributed by atoms with Crippen molar-refractivity contribution in [1.29, 1.82) is 0 Å². The Bertz CT molecular complexity index is 331. The van der Waals surface area contributed by atoms with E-state index in [0.717, 1.165) is 5.56 Å². The van der Waals surface area contributed by atoms with Crippen LogP contribution in [0.3, 0.4) is 0 Å². The molecule has 0 aliphatic heterocycles. The number of hydrogen-bond donors (Lipinski definition) is 0. The van der Waals surface area contributed by atoms with Gasteiger partial charge in [0.15, 0.2) is 0 Å². The quantitative estimate of drug-likeness (QED) is 0.721. The van der Waals surface area contributed by atoms with Gasteiger partial charge in [-0.25, -0.2) is 4.39 Å². The summed E-state index contributed by atoms with van der Waals surface area (Å²) in [6.45, 7) is 2.72. The first kappa shape index (κ1) is 14.0. The molecule has 0 atom stereocenters. The molecule has 17 heavy (non-hydrogen) atoms. The van der Waals surface area contributed by atoms with Crippen molar-refractivity contribution in [2.45, 2.75) is 26.1 Å². The summed E-state index contributed by atoms with van der Waals surface area (Å²) in [5.41, 5.74) is 0.815. The van der Waals surface area contributed by atoms with Gasteiger partial charge >= 0.3 is 6.18 Å². The molecular weight excluding hydrogens is 234 g/mol. The molecule has 0 aliphatic carbocycles. The molecule has 1 aromatic rings. The summed E-state index contributed by atoms with van der Waals surface area (Å²) in [5, 5.41) is 0. The summed E-state index contributed by atoms with van der Waals surface area (Å²) >= 11 is 0. The van der Waals surface area contributed by atoms with Crippen LogP contribution in [0.25, 0.3) is 0 Å². The summed E-state index contributed by atoms with van der Waals surface area (Å²) in [7, 11) is 0. The number of hydrogen-bond acceptors (Lipinski definition) is 1. The van der Waals surface area contributed by atoms with Crippen LogP contribution in [0.5, 0.6) is 0 Å². The third-order valence-electron chi connectivity index (χ3n) is 2.48. The zero-order chi connectivity index (χ0) is 12.9. The molecular formula is C12H15F4N. The highest BCUT2D eigenvalue weighted by Crippen LogP contribution is 2.20. The molecule has 1 nitrogen and oxygen atoms in total. The summed E-state index contributed by atoms with van der Waals surface area (Å²) in [5.74, 6) is -0.341. The normalized spacial score (nSPS) is 12.1. The van der Waals surface area contributed by atoms with E-state index >= 15 is 0 Å². The van der Waals surface area contributed by atoms with E-state index in [1.54, 1.807) is 24.0 Å². The van der Waals surface area contributed by atoms with Gasteiger partial charge < -0.3 is 0 Å². The standard InChI is InChI=1S/C12H15F4N/c1-2-17(8-7-12(14,15)16)9-10-3-5-11(13)6-4-10/h3-6H,2,7-9H2,1H3. The first-order chi connectivity index (χ1) is 7.90. The highest BCUT2D eigenvalue weighted by Gasteiger charge is 2.27. The lowest BCUT2D eigenvalue weighted by Crippen LogP contribution is -2.27. The summed E-state index contributed by atoms with van der Waals surface area (Å²) in [6.07, 6.45) is -4.95. The second kappa shape index (κ2) is 6.00. The molecule has 0 N–H and O–H groups in total. The van der Waals surface area contributed by atoms with Crippen LogP contribution in [0.1, 0.15) is 18.9 Å². The first-order valence-electron chi connectivity index (χ1n) is 5.44. The molecule has 0 heterocycles. The highest BCUT2D eigenvalue weighted by molar-refractivity contribution is 5.15. The summed E-state index contributed by atoms with van der Waals surface area (Å²) < 4.78 is 48.9. The minimum Gasteiger partial charge on any atom is -0.299 e. The molecule has 0 radical (unpaired) electrons. The average Bonchev–Trinajstić information content (AvgIpc) is 2.25. The van der Waals surface area contributed by atoms with Crippen molar-refractivity contribution in [2.24, 2.45) is 0 Å². The van der Waals surface area contributed by atoms with Crippen LogP contribution in [0.4, 0.5) is 17.6 Å². The SMILES string of the molecule is CCN(CCC(F)(F)F)Cc1ccc(F)cc1. The number of nitrogens with zero attached hydrogens (tertiary/aromatic N) is 1. The van der Waals surface area contributed by atoms with Crippen LogP contribution in [-0.4, -0.2) is 24.2 Å². The van der Waals surface area contributed by atoms with E-state index in [2.05, 4.69) is 0 Å². The summed E-state index contributed by atoms with van der Waals surface area (Å²) in [6, 6.07) is 5.80. The van der Waals surface area contributed by atoms with Crippen LogP contribution in [-0.2, 0) is 6.54 Å². The maximum Gasteiger partial charge on any atom is 0.390 e. The molecule has 1 aromatic carbocycles. The largest absolute Gasteiger partial charge is 0.390 e. The molecule has 0 amide bonds. The van der Waals surface area contributed by atoms with Crippen molar-refractivity contribution in [3.63, 3.8) is 0 Å². The fraction of sp³-hybridized carbons (Fsp3) is 0.500. The van der Waals surface area contributed by atoms with Gasteiger partial charge in [0.1, 0.15) is 5.82 Å². The maximum atomic E-state index is 12.6. The smallest absolute Gasteiger partial charge is 0.299 e. The second-order valence-electron chi connectivity index (χ2n) is 3.86. The van der Waals surface area contributed by atoms with E-state index in [1.165, 1.54) is 12.1 Å². The van der Waals surface area contributed by atoms with E-state index in [4.69, 9.17) is 0 Å². The van der Waals surface area contributed by atoms with Crippen LogP contribution < -0.4 is 0 Å². The lowest BCUT2D eigenvalue weighted by molar-refractivity contribution is -0.138. The van der Waals surface area contributed by atoms with Crippen molar-refractivity contribution in [1.82, 2.24) is 4.90 Å². The van der Waals surface area contributed by atoms with Gasteiger partial charge in [0.2, 0.25) is 0 Å². The Morgan fingerprint density at radius 2 is 1.71 bits per heavy atom. The Hall–Kier alpha value is -1.10. The van der Waals surface area contributed by atoms with Crippen molar-refractivity contribution in [3.8, 4) is 0 Å². The van der Waals surface area contributed by atoms with E-state index in [-0.39, 0.29) is 12.4 Å². The monoisotopic (exact) mass is 249 g/mol. The third-order valence-corrected chi connectivity index (χ3v) is 2.48. The lowest BCUT2D eigenvalue weighted by atomic mass is 10.2. The van der Waals surface area contributed by atoms with Gasteiger partial charge in [-0.2, -0.15) is 13.2 Å². The Morgan fingerprint density at radius 3 is 2.18 bits per heavy atom. The van der Waals surface area contributed by atoms with Gasteiger partial charge in [0.25, 0.3) is 0 Å². The first-order valence-corrected chi connectivity index (χ1v) is 5.44. The number of rotatable bonds is 5. The number of halogens is 4. The molecule has 0 aliphatic rings. The third kappa shape index (κ3) is 5.68. The van der Waals surface area contributed by atoms with Crippen molar-refractivity contribution >= 4 is 0 Å². The van der Waals surface area contributed by atoms with E-state index in [0.29, 0.717) is 13.1 Å². The zero-order valence-electron chi connectivity index (χ0n) is 9.60. The molecule has 5 heteroatoms. The predicted molar refractivity (Wildman–Crippen MR) is 58.0 cm³/mol. The van der Waals surface area contributed by atoms with Gasteiger partial charge in [-0.3, -0.25) is 4.90 Å². The van der Waals surface area contributed by atoms with E-state index in [9.17, 15) is 17.6 Å². The Labute approximate surface area is 98.0 Å². The van der Waals surface area contributed by atoms with E-state index in [1.807, 2.05) is 0 Å². The molecule has 1 rings (SSSR count). The lowest BCUT2D eigenvalue weighted by Gasteiger charge is -2.21. The highest BCUT2D eigenvalue weighted by atomic mass is 19.4. The van der Waals surface area contributed by atoms with Crippen molar-refractivity contribution < 1.29 is 17.6 Å². The summed E-state index contributed by atoms with van der Waals surface area (Å²) in [4.78, 5) is 1.68. The topological polar surface area (TPSA) is 3.24 Å². The molecule has 0 saturated carbocycles. The van der Waals surface area contributed by atoms with Crippen molar-refractivity contribution in [3.05, 3.63) is 35.6 Å². The second-order valence-corrected chi connectivity index (χ2v) is 3.86.